The molecule has 6 nitrogen and oxygen atoms in total. The zero-order valence-corrected chi connectivity index (χ0v) is 25.8. The molecule has 43 heavy (non-hydrogen) atoms. The highest BCUT2D eigenvalue weighted by atomic mass is 19.2. The van der Waals surface area contributed by atoms with Gasteiger partial charge in [-0.3, -0.25) is 0 Å². The van der Waals surface area contributed by atoms with Crippen LogP contribution in [-0.4, -0.2) is 58.8 Å². The number of hydrogen-bond donors (Lipinski definition) is 0. The Hall–Kier alpha value is -2.81. The molecule has 0 heterocycles. The van der Waals surface area contributed by atoms with E-state index < -0.39 is 17.6 Å². The molecule has 0 N–H and O–H groups in total. The van der Waals surface area contributed by atoms with E-state index >= 15 is 0 Å². The van der Waals surface area contributed by atoms with Gasteiger partial charge in [-0.05, 0) is 67.7 Å². The van der Waals surface area contributed by atoms with Gasteiger partial charge in [-0.1, -0.05) is 63.5 Å². The predicted molar refractivity (Wildman–Crippen MR) is 164 cm³/mol. The standard InChI is InChI=1S/C35H48F2O6/c1-4-5-6-7-27-8-10-28(11-9-27)29-12-14-30(15-13-29)31-16-17-32(34(37)33(31)36)42-24-22-40-20-18-39-19-21-41-23-25-43-35(38)26(2)3/h12-17,27-28H,2,4-11,18-25H2,1,3H3. The van der Waals surface area contributed by atoms with Crippen LogP contribution < -0.4 is 4.74 Å². The highest BCUT2D eigenvalue weighted by Gasteiger charge is 2.22. The van der Waals surface area contributed by atoms with E-state index in [1.54, 1.807) is 13.0 Å². The number of ether oxygens (including phenoxy) is 5. The van der Waals surface area contributed by atoms with Crippen molar-refractivity contribution in [3.05, 3.63) is 65.7 Å². The van der Waals surface area contributed by atoms with Crippen LogP contribution in [0, 0.1) is 17.6 Å². The van der Waals surface area contributed by atoms with Crippen molar-refractivity contribution >= 4 is 5.97 Å². The topological polar surface area (TPSA) is 63.2 Å². The second kappa shape index (κ2) is 19.5. The number of benzene rings is 2. The third kappa shape index (κ3) is 12.0. The van der Waals surface area contributed by atoms with Gasteiger partial charge in [-0.25, -0.2) is 9.18 Å². The van der Waals surface area contributed by atoms with Crippen molar-refractivity contribution < 1.29 is 37.3 Å². The largest absolute Gasteiger partial charge is 0.488 e. The van der Waals surface area contributed by atoms with Crippen LogP contribution in [0.2, 0.25) is 0 Å². The van der Waals surface area contributed by atoms with E-state index in [2.05, 4.69) is 25.6 Å². The van der Waals surface area contributed by atoms with E-state index in [0.717, 1.165) is 5.92 Å². The third-order valence-corrected chi connectivity index (χ3v) is 7.84. The summed E-state index contributed by atoms with van der Waals surface area (Å²) in [4.78, 5) is 11.2. The Balaban J connectivity index is 1.30. The number of halogens is 2. The van der Waals surface area contributed by atoms with Crippen LogP contribution in [0.3, 0.4) is 0 Å². The third-order valence-electron chi connectivity index (χ3n) is 7.84. The Labute approximate surface area is 255 Å². The first-order chi connectivity index (χ1) is 20.9. The molecule has 1 saturated carbocycles. The van der Waals surface area contributed by atoms with E-state index in [1.807, 2.05) is 12.1 Å². The lowest BCUT2D eigenvalue weighted by Gasteiger charge is -2.29. The van der Waals surface area contributed by atoms with Crippen molar-refractivity contribution in [2.45, 2.75) is 71.1 Å². The fourth-order valence-corrected chi connectivity index (χ4v) is 5.34. The van der Waals surface area contributed by atoms with Crippen molar-refractivity contribution in [1.82, 2.24) is 0 Å². The van der Waals surface area contributed by atoms with Crippen molar-refractivity contribution in [3.8, 4) is 16.9 Å². The quantitative estimate of drug-likeness (QED) is 0.0869. The molecule has 0 unspecified atom stereocenters. The van der Waals surface area contributed by atoms with Gasteiger partial charge in [0.1, 0.15) is 13.2 Å². The van der Waals surface area contributed by atoms with Gasteiger partial charge in [-0.15, -0.1) is 0 Å². The lowest BCUT2D eigenvalue weighted by Crippen LogP contribution is -2.15. The predicted octanol–water partition coefficient (Wildman–Crippen LogP) is 8.03. The summed E-state index contributed by atoms with van der Waals surface area (Å²) in [7, 11) is 0. The SMILES string of the molecule is C=C(C)C(=O)OCCOCCOCCOCCOc1ccc(-c2ccc(C3CCC(CCCCC)CC3)cc2)c(F)c1F. The Morgan fingerprint density at radius 1 is 0.791 bits per heavy atom. The van der Waals surface area contributed by atoms with Gasteiger partial charge in [0.25, 0.3) is 0 Å². The van der Waals surface area contributed by atoms with Crippen LogP contribution in [0.25, 0.3) is 11.1 Å². The smallest absolute Gasteiger partial charge is 0.333 e. The van der Waals surface area contributed by atoms with Crippen LogP contribution >= 0.6 is 0 Å². The monoisotopic (exact) mass is 602 g/mol. The number of esters is 1. The summed E-state index contributed by atoms with van der Waals surface area (Å²) in [6.07, 6.45) is 10.3. The van der Waals surface area contributed by atoms with E-state index in [0.29, 0.717) is 43.5 Å². The van der Waals surface area contributed by atoms with E-state index in [4.69, 9.17) is 23.7 Å². The summed E-state index contributed by atoms with van der Waals surface area (Å²) in [5, 5.41) is 0. The van der Waals surface area contributed by atoms with Crippen molar-refractivity contribution in [2.75, 3.05) is 52.9 Å². The van der Waals surface area contributed by atoms with Crippen molar-refractivity contribution in [3.63, 3.8) is 0 Å². The second-order valence-corrected chi connectivity index (χ2v) is 11.2. The minimum Gasteiger partial charge on any atom is -0.488 e. The minimum atomic E-state index is -0.999. The molecule has 0 amide bonds. The van der Waals surface area contributed by atoms with Crippen LogP contribution in [0.1, 0.15) is 76.7 Å². The van der Waals surface area contributed by atoms with Gasteiger partial charge in [0.05, 0.1) is 39.6 Å². The van der Waals surface area contributed by atoms with E-state index in [-0.39, 0.29) is 37.7 Å². The number of carbonyl (C=O) groups is 1. The number of hydrogen-bond acceptors (Lipinski definition) is 6. The molecule has 0 aliphatic heterocycles. The van der Waals surface area contributed by atoms with Crippen LogP contribution in [0.4, 0.5) is 8.78 Å². The molecule has 0 aromatic heterocycles. The zero-order valence-electron chi connectivity index (χ0n) is 25.8. The zero-order chi connectivity index (χ0) is 30.9. The lowest BCUT2D eigenvalue weighted by atomic mass is 9.77. The molecule has 0 radical (unpaired) electrons. The Morgan fingerprint density at radius 3 is 2.00 bits per heavy atom. The molecule has 0 saturated heterocycles. The van der Waals surface area contributed by atoms with Gasteiger partial charge in [0, 0.05) is 11.1 Å². The molecular formula is C35H48F2O6. The van der Waals surface area contributed by atoms with Gasteiger partial charge in [0.2, 0.25) is 5.82 Å². The molecule has 238 valence electrons. The van der Waals surface area contributed by atoms with Crippen molar-refractivity contribution in [2.24, 2.45) is 5.92 Å². The Kier molecular flexibility index (Phi) is 15.7. The fraction of sp³-hybridized carbons (Fsp3) is 0.571. The summed E-state index contributed by atoms with van der Waals surface area (Å²) < 4.78 is 56.2. The van der Waals surface area contributed by atoms with Crippen molar-refractivity contribution in [1.29, 1.82) is 0 Å². The van der Waals surface area contributed by atoms with Crippen LogP contribution in [0.15, 0.2) is 48.6 Å². The Morgan fingerprint density at radius 2 is 1.40 bits per heavy atom. The lowest BCUT2D eigenvalue weighted by molar-refractivity contribution is -0.140. The van der Waals surface area contributed by atoms with Gasteiger partial charge in [-0.2, -0.15) is 4.39 Å². The van der Waals surface area contributed by atoms with Crippen LogP contribution in [-0.2, 0) is 23.7 Å². The van der Waals surface area contributed by atoms with Gasteiger partial charge in [0.15, 0.2) is 11.6 Å². The molecule has 2 aromatic rings. The maximum atomic E-state index is 14.9. The summed E-state index contributed by atoms with van der Waals surface area (Å²) in [6, 6.07) is 10.9. The molecule has 1 aliphatic carbocycles. The highest BCUT2D eigenvalue weighted by molar-refractivity contribution is 5.86. The van der Waals surface area contributed by atoms with Crippen LogP contribution in [0.5, 0.6) is 5.75 Å². The number of unbranched alkanes of at least 4 members (excludes halogenated alkanes) is 2. The van der Waals surface area contributed by atoms with Gasteiger partial charge >= 0.3 is 5.97 Å². The Bertz CT molecular complexity index is 1110. The first-order valence-corrected chi connectivity index (χ1v) is 15.7. The average Bonchev–Trinajstić information content (AvgIpc) is 3.02. The fourth-order valence-electron chi connectivity index (χ4n) is 5.34. The van der Waals surface area contributed by atoms with E-state index in [9.17, 15) is 13.6 Å². The van der Waals surface area contributed by atoms with E-state index in [1.165, 1.54) is 63.0 Å². The average molecular weight is 603 g/mol. The molecule has 1 aliphatic rings. The van der Waals surface area contributed by atoms with Gasteiger partial charge < -0.3 is 23.7 Å². The first-order valence-electron chi connectivity index (χ1n) is 15.7. The molecular weight excluding hydrogens is 554 g/mol. The maximum absolute atomic E-state index is 14.9. The summed E-state index contributed by atoms with van der Waals surface area (Å²) in [6.45, 7) is 9.47. The molecule has 3 rings (SSSR count). The number of carbonyl (C=O) groups excluding carboxylic acids is 1. The summed E-state index contributed by atoms with van der Waals surface area (Å²) >= 11 is 0. The number of rotatable bonds is 20. The molecule has 0 spiro atoms. The second-order valence-electron chi connectivity index (χ2n) is 11.2. The molecule has 2 aromatic carbocycles. The molecule has 0 bridgehead atoms. The highest BCUT2D eigenvalue weighted by Crippen LogP contribution is 2.38. The molecule has 1 fully saturated rings. The minimum absolute atomic E-state index is 0.0806. The molecule has 8 heteroatoms. The normalized spacial score (nSPS) is 16.7. The summed E-state index contributed by atoms with van der Waals surface area (Å²) in [5.74, 6) is -1.08. The molecule has 0 atom stereocenters. The first kappa shape index (κ1) is 34.7. The maximum Gasteiger partial charge on any atom is 0.333 e. The summed E-state index contributed by atoms with van der Waals surface area (Å²) in [5.41, 5.74) is 2.51.